The van der Waals surface area contributed by atoms with E-state index in [1.807, 2.05) is 57.0 Å². The summed E-state index contributed by atoms with van der Waals surface area (Å²) >= 11 is 1.20. The number of aromatic nitrogens is 1. The highest BCUT2D eigenvalue weighted by molar-refractivity contribution is 7.93. The fourth-order valence-electron chi connectivity index (χ4n) is 6.02. The lowest BCUT2D eigenvalue weighted by atomic mass is 9.85. The van der Waals surface area contributed by atoms with Crippen molar-refractivity contribution in [3.8, 4) is 11.5 Å². The molecule has 55 heavy (non-hydrogen) atoms. The number of benzene rings is 2. The summed E-state index contributed by atoms with van der Waals surface area (Å²) in [5, 5.41) is 23.3. The number of carbonyl (C=O) groups is 1. The van der Waals surface area contributed by atoms with E-state index in [2.05, 4.69) is 29.5 Å². The van der Waals surface area contributed by atoms with E-state index in [1.165, 1.54) is 34.8 Å². The highest BCUT2D eigenvalue weighted by Crippen LogP contribution is 2.38. The van der Waals surface area contributed by atoms with Crippen LogP contribution in [0.15, 0.2) is 77.6 Å². The largest absolute Gasteiger partial charge is 0.488 e. The second-order valence-electron chi connectivity index (χ2n) is 14.3. The number of halogens is 1. The molecule has 4 rings (SSSR count). The Balaban J connectivity index is 1.53. The molecule has 0 bridgehead atoms. The summed E-state index contributed by atoms with van der Waals surface area (Å²) in [5.74, 6) is 0.419. The number of nitrogens with two attached hydrogens (primary N) is 1. The SMILES string of the molecule is CCCC[C@H](C)N(C)C(=N)n1cc(O[C@@H]2CC[C@H](NC(=O)NC(C=C(N)C(C)(C)CC)=Nc3ccc(F)c(OCCOSC)c3)c3ccccc32)ccc1=N. The van der Waals surface area contributed by atoms with Crippen LogP contribution < -0.4 is 31.3 Å². The topological polar surface area (TPSA) is 163 Å². The molecule has 1 aliphatic carbocycles. The quantitative estimate of drug-likeness (QED) is 0.0423. The van der Waals surface area contributed by atoms with E-state index in [-0.39, 0.29) is 59.8 Å². The number of hydrogen-bond donors (Lipinski definition) is 5. The normalized spacial score (nSPS) is 16.5. The van der Waals surface area contributed by atoms with Gasteiger partial charge >= 0.3 is 6.03 Å². The van der Waals surface area contributed by atoms with E-state index in [1.54, 1.807) is 30.7 Å². The van der Waals surface area contributed by atoms with Crippen LogP contribution in [0.5, 0.6) is 11.5 Å². The zero-order valence-corrected chi connectivity index (χ0v) is 33.9. The minimum absolute atomic E-state index is 0.0178. The summed E-state index contributed by atoms with van der Waals surface area (Å²) in [6.07, 6.45) is 9.88. The lowest BCUT2D eigenvalue weighted by molar-refractivity contribution is 0.171. The summed E-state index contributed by atoms with van der Waals surface area (Å²) in [6.45, 7) is 10.7. The molecule has 2 aromatic carbocycles. The van der Waals surface area contributed by atoms with Gasteiger partial charge in [-0.2, -0.15) is 0 Å². The van der Waals surface area contributed by atoms with Crippen LogP contribution in [-0.4, -0.2) is 59.9 Å². The Kier molecular flexibility index (Phi) is 15.8. The molecule has 0 aliphatic heterocycles. The van der Waals surface area contributed by atoms with Crippen LogP contribution in [0.1, 0.15) is 96.4 Å². The Hall–Kier alpha value is -4.82. The number of nitrogens with one attached hydrogen (secondary N) is 4. The first kappa shape index (κ1) is 42.9. The molecule has 1 aromatic heterocycles. The van der Waals surface area contributed by atoms with Gasteiger partial charge in [0.15, 0.2) is 11.6 Å². The first-order valence-corrected chi connectivity index (χ1v) is 20.0. The second-order valence-corrected chi connectivity index (χ2v) is 14.9. The molecule has 3 aromatic rings. The molecular weight excluding hydrogens is 720 g/mol. The number of hydrogen-bond acceptors (Lipinski definition) is 9. The molecule has 0 radical (unpaired) electrons. The lowest BCUT2D eigenvalue weighted by Crippen LogP contribution is -2.42. The van der Waals surface area contributed by atoms with Crippen LogP contribution in [-0.2, 0) is 4.18 Å². The molecule has 0 fully saturated rings. The number of amides is 2. The highest BCUT2D eigenvalue weighted by Gasteiger charge is 2.30. The minimum atomic E-state index is -0.539. The van der Waals surface area contributed by atoms with Crippen LogP contribution in [0.25, 0.3) is 0 Å². The van der Waals surface area contributed by atoms with E-state index >= 15 is 0 Å². The van der Waals surface area contributed by atoms with Crippen molar-refractivity contribution < 1.29 is 22.8 Å². The average molecular weight is 777 g/mol. The Morgan fingerprint density at radius 2 is 1.91 bits per heavy atom. The van der Waals surface area contributed by atoms with Gasteiger partial charge in [0, 0.05) is 42.6 Å². The molecule has 1 aliphatic rings. The van der Waals surface area contributed by atoms with Gasteiger partial charge in [0.25, 0.3) is 0 Å². The van der Waals surface area contributed by atoms with Gasteiger partial charge in [-0.1, -0.05) is 64.8 Å². The molecule has 0 unspecified atom stereocenters. The number of nitrogens with zero attached hydrogens (tertiary/aromatic N) is 3. The molecule has 0 saturated carbocycles. The third kappa shape index (κ3) is 11.8. The summed E-state index contributed by atoms with van der Waals surface area (Å²) in [7, 11) is 1.88. The third-order valence-corrected chi connectivity index (χ3v) is 10.4. The maximum atomic E-state index is 14.6. The number of amidine groups is 1. The molecule has 1 heterocycles. The number of carbonyl (C=O) groups excluding carboxylic acids is 1. The monoisotopic (exact) mass is 776 g/mol. The predicted molar refractivity (Wildman–Crippen MR) is 218 cm³/mol. The molecule has 0 spiro atoms. The Morgan fingerprint density at radius 1 is 1.16 bits per heavy atom. The van der Waals surface area contributed by atoms with Crippen LogP contribution in [0.4, 0.5) is 14.9 Å². The Bertz CT molecular complexity index is 1900. The van der Waals surface area contributed by atoms with Crippen molar-refractivity contribution in [1.82, 2.24) is 20.1 Å². The number of pyridine rings is 1. The van der Waals surface area contributed by atoms with Crippen LogP contribution in [0.2, 0.25) is 0 Å². The van der Waals surface area contributed by atoms with Gasteiger partial charge in [0.2, 0.25) is 5.96 Å². The molecule has 14 heteroatoms. The standard InChI is InChI=1S/C41H57FN8O4S/c1-8-10-13-27(3)49(6)39(45)50-26-29(17-21-37(50)44)54-34-20-19-33(30-14-11-12-15-31(30)34)47-40(51)48-38(25-36(43)41(4,5)9-2)46-28-16-18-32(42)35(24-28)52-22-23-53-55-7/h11-12,14-18,21,24-27,33-34,44-45H,8-10,13,19-20,22-23,43H2,1-7H3,(H2,46,47,48,51)/t27-,33-,34+/m0/s1. The van der Waals surface area contributed by atoms with E-state index in [0.29, 0.717) is 30.0 Å². The van der Waals surface area contributed by atoms with Crippen molar-refractivity contribution in [2.24, 2.45) is 16.1 Å². The van der Waals surface area contributed by atoms with Crippen LogP contribution in [0, 0.1) is 22.1 Å². The molecule has 6 N–H and O–H groups in total. The Morgan fingerprint density at radius 3 is 2.62 bits per heavy atom. The molecule has 2 amide bonds. The zero-order valence-electron chi connectivity index (χ0n) is 33.1. The maximum absolute atomic E-state index is 14.6. The zero-order chi connectivity index (χ0) is 40.1. The molecule has 298 valence electrons. The van der Waals surface area contributed by atoms with E-state index < -0.39 is 11.8 Å². The van der Waals surface area contributed by atoms with Gasteiger partial charge in [0.1, 0.15) is 29.8 Å². The number of allylic oxidation sites excluding steroid dienone is 1. The number of urea groups is 1. The van der Waals surface area contributed by atoms with Gasteiger partial charge in [-0.05, 0) is 80.0 Å². The predicted octanol–water partition coefficient (Wildman–Crippen LogP) is 8.34. The number of aliphatic imine (C=N–C) groups is 1. The molecule has 3 atom stereocenters. The lowest BCUT2D eigenvalue weighted by Gasteiger charge is -2.32. The van der Waals surface area contributed by atoms with Crippen LogP contribution in [0.3, 0.4) is 0 Å². The number of unbranched alkanes of at least 4 members (excludes halogenated alkanes) is 1. The minimum Gasteiger partial charge on any atom is -0.488 e. The fourth-order valence-corrected chi connectivity index (χ4v) is 6.25. The van der Waals surface area contributed by atoms with E-state index in [0.717, 1.165) is 36.8 Å². The first-order chi connectivity index (χ1) is 26.3. The van der Waals surface area contributed by atoms with E-state index in [4.69, 9.17) is 30.2 Å². The summed E-state index contributed by atoms with van der Waals surface area (Å²) in [5.41, 5.74) is 9.08. The number of rotatable bonds is 16. The van der Waals surface area contributed by atoms with Crippen molar-refractivity contribution in [1.29, 1.82) is 10.8 Å². The van der Waals surface area contributed by atoms with Crippen molar-refractivity contribution in [3.05, 3.63) is 95.0 Å². The average Bonchev–Trinajstić information content (AvgIpc) is 3.17. The summed E-state index contributed by atoms with van der Waals surface area (Å²) in [4.78, 5) is 20.2. The second kappa shape index (κ2) is 20.2. The molecule has 0 saturated heterocycles. The molecular formula is C41H57FN8O4S. The van der Waals surface area contributed by atoms with Gasteiger partial charge in [0.05, 0.1) is 24.5 Å². The van der Waals surface area contributed by atoms with Crippen LogP contribution >= 0.6 is 12.0 Å². The summed E-state index contributed by atoms with van der Waals surface area (Å²) in [6, 6.07) is 14.8. The van der Waals surface area contributed by atoms with Gasteiger partial charge in [-0.25, -0.2) is 14.2 Å². The van der Waals surface area contributed by atoms with Gasteiger partial charge in [-0.3, -0.25) is 20.7 Å². The van der Waals surface area contributed by atoms with Gasteiger partial charge in [-0.15, -0.1) is 0 Å². The van der Waals surface area contributed by atoms with Crippen molar-refractivity contribution in [3.63, 3.8) is 0 Å². The number of ether oxygens (including phenoxy) is 2. The highest BCUT2D eigenvalue weighted by atomic mass is 32.2. The summed E-state index contributed by atoms with van der Waals surface area (Å²) < 4.78 is 33.4. The first-order valence-electron chi connectivity index (χ1n) is 18.8. The third-order valence-electron chi connectivity index (χ3n) is 10.0. The smallest absolute Gasteiger partial charge is 0.320 e. The Labute approximate surface area is 329 Å². The fraction of sp³-hybridized carbons (Fsp3) is 0.463. The van der Waals surface area contributed by atoms with E-state index in [9.17, 15) is 9.18 Å². The van der Waals surface area contributed by atoms with Crippen molar-refractivity contribution >= 4 is 35.6 Å². The van der Waals surface area contributed by atoms with Crippen molar-refractivity contribution in [2.45, 2.75) is 91.3 Å². The molecule has 12 nitrogen and oxygen atoms in total. The van der Waals surface area contributed by atoms with Crippen molar-refractivity contribution in [2.75, 3.05) is 26.5 Å². The maximum Gasteiger partial charge on any atom is 0.320 e. The van der Waals surface area contributed by atoms with Gasteiger partial charge < -0.3 is 29.6 Å². The number of fused-ring (bicyclic) bond motifs is 1.